The normalized spacial score (nSPS) is 13.3. The summed E-state index contributed by atoms with van der Waals surface area (Å²) in [4.78, 5) is 11.5. The zero-order valence-corrected chi connectivity index (χ0v) is 11.6. The minimum absolute atomic E-state index is 0.273. The molecule has 104 valence electrons. The number of carboxylic acid groups (broad SMARTS) is 1. The molecule has 1 N–H and O–H groups in total. The predicted octanol–water partition coefficient (Wildman–Crippen LogP) is 3.19. The molecule has 1 aliphatic rings. The molecular formula is C14H18O4S. The minimum Gasteiger partial charge on any atom is -0.486 e. The Kier molecular flexibility index (Phi) is 5.39. The van der Waals surface area contributed by atoms with Crippen molar-refractivity contribution in [2.24, 2.45) is 0 Å². The summed E-state index contributed by atoms with van der Waals surface area (Å²) >= 11 is 1.77. The van der Waals surface area contributed by atoms with Gasteiger partial charge >= 0.3 is 5.97 Å². The van der Waals surface area contributed by atoms with Gasteiger partial charge in [0.05, 0.1) is 0 Å². The molecule has 0 spiro atoms. The van der Waals surface area contributed by atoms with E-state index in [2.05, 4.69) is 0 Å². The lowest BCUT2D eigenvalue weighted by atomic mass is 10.2. The highest BCUT2D eigenvalue weighted by atomic mass is 32.2. The van der Waals surface area contributed by atoms with Crippen LogP contribution in [0.2, 0.25) is 0 Å². The van der Waals surface area contributed by atoms with E-state index in [-0.39, 0.29) is 6.42 Å². The number of benzene rings is 1. The Hall–Kier alpha value is -1.36. The van der Waals surface area contributed by atoms with Gasteiger partial charge < -0.3 is 14.6 Å². The van der Waals surface area contributed by atoms with Crippen LogP contribution in [-0.2, 0) is 4.79 Å². The third kappa shape index (κ3) is 4.67. The Morgan fingerprint density at radius 3 is 2.74 bits per heavy atom. The maximum Gasteiger partial charge on any atom is 0.303 e. The zero-order chi connectivity index (χ0) is 13.5. The van der Waals surface area contributed by atoms with E-state index < -0.39 is 5.97 Å². The van der Waals surface area contributed by atoms with E-state index in [1.54, 1.807) is 11.8 Å². The smallest absolute Gasteiger partial charge is 0.303 e. The molecule has 19 heavy (non-hydrogen) atoms. The first-order valence-corrected chi connectivity index (χ1v) is 7.48. The fraction of sp³-hybridized carbons (Fsp3) is 0.500. The molecule has 0 unspecified atom stereocenters. The summed E-state index contributed by atoms with van der Waals surface area (Å²) in [7, 11) is 0. The summed E-state index contributed by atoms with van der Waals surface area (Å²) in [6.45, 7) is 1.22. The lowest BCUT2D eigenvalue weighted by molar-refractivity contribution is -0.137. The van der Waals surface area contributed by atoms with Crippen molar-refractivity contribution in [3.63, 3.8) is 0 Å². The Morgan fingerprint density at radius 2 is 1.95 bits per heavy atom. The number of rotatable bonds is 7. The molecule has 1 heterocycles. The second kappa shape index (κ2) is 7.28. The molecule has 0 amide bonds. The van der Waals surface area contributed by atoms with Gasteiger partial charge in [0.1, 0.15) is 13.2 Å². The van der Waals surface area contributed by atoms with Crippen LogP contribution in [0.3, 0.4) is 0 Å². The lowest BCUT2D eigenvalue weighted by Crippen LogP contribution is -2.15. The number of fused-ring (bicyclic) bond motifs is 1. The van der Waals surface area contributed by atoms with Crippen molar-refractivity contribution in [1.82, 2.24) is 0 Å². The van der Waals surface area contributed by atoms with Crippen LogP contribution in [-0.4, -0.2) is 30.0 Å². The highest BCUT2D eigenvalue weighted by Gasteiger charge is 2.11. The van der Waals surface area contributed by atoms with Crippen LogP contribution in [0, 0.1) is 0 Å². The molecule has 2 rings (SSSR count). The number of thioether (sulfide) groups is 1. The Balaban J connectivity index is 1.70. The van der Waals surface area contributed by atoms with Gasteiger partial charge in [-0.15, -0.1) is 11.8 Å². The highest BCUT2D eigenvalue weighted by molar-refractivity contribution is 7.99. The van der Waals surface area contributed by atoms with Gasteiger partial charge in [0.2, 0.25) is 0 Å². The van der Waals surface area contributed by atoms with Crippen molar-refractivity contribution in [3.05, 3.63) is 18.2 Å². The fourth-order valence-electron chi connectivity index (χ4n) is 1.86. The minimum atomic E-state index is -0.709. The zero-order valence-electron chi connectivity index (χ0n) is 10.8. The first-order chi connectivity index (χ1) is 9.25. The average molecular weight is 282 g/mol. The number of carboxylic acids is 1. The first kappa shape index (κ1) is 14.1. The van der Waals surface area contributed by atoms with Gasteiger partial charge in [-0.3, -0.25) is 4.79 Å². The van der Waals surface area contributed by atoms with Gasteiger partial charge in [0, 0.05) is 11.3 Å². The van der Waals surface area contributed by atoms with Gasteiger partial charge in [-0.05, 0) is 36.8 Å². The lowest BCUT2D eigenvalue weighted by Gasteiger charge is -2.18. The molecule has 1 aromatic carbocycles. The molecule has 1 aromatic rings. The molecule has 0 radical (unpaired) electrons. The van der Waals surface area contributed by atoms with Crippen molar-refractivity contribution in [2.45, 2.75) is 30.6 Å². The van der Waals surface area contributed by atoms with Gasteiger partial charge in [-0.1, -0.05) is 6.42 Å². The van der Waals surface area contributed by atoms with E-state index in [0.717, 1.165) is 36.5 Å². The highest BCUT2D eigenvalue weighted by Crippen LogP contribution is 2.34. The monoisotopic (exact) mass is 282 g/mol. The van der Waals surface area contributed by atoms with Crippen LogP contribution < -0.4 is 9.47 Å². The molecule has 0 aromatic heterocycles. The van der Waals surface area contributed by atoms with Crippen molar-refractivity contribution in [1.29, 1.82) is 0 Å². The third-order valence-electron chi connectivity index (χ3n) is 2.82. The Labute approximate surface area is 117 Å². The van der Waals surface area contributed by atoms with Crippen LogP contribution in [0.25, 0.3) is 0 Å². The van der Waals surface area contributed by atoms with Crippen LogP contribution in [0.1, 0.15) is 25.7 Å². The largest absolute Gasteiger partial charge is 0.486 e. The summed E-state index contributed by atoms with van der Waals surface area (Å²) in [5, 5.41) is 8.53. The predicted molar refractivity (Wildman–Crippen MR) is 74.3 cm³/mol. The molecule has 0 fully saturated rings. The van der Waals surface area contributed by atoms with Gasteiger partial charge in [-0.25, -0.2) is 0 Å². The van der Waals surface area contributed by atoms with E-state index in [9.17, 15) is 4.79 Å². The average Bonchev–Trinajstić information content (AvgIpc) is 2.42. The summed E-state index contributed by atoms with van der Waals surface area (Å²) in [5.41, 5.74) is 0. The topological polar surface area (TPSA) is 55.8 Å². The molecule has 0 bridgehead atoms. The third-order valence-corrected chi connectivity index (χ3v) is 3.90. The van der Waals surface area contributed by atoms with Gasteiger partial charge in [0.15, 0.2) is 11.5 Å². The second-order valence-electron chi connectivity index (χ2n) is 4.36. The van der Waals surface area contributed by atoms with Crippen molar-refractivity contribution < 1.29 is 19.4 Å². The molecule has 0 atom stereocenters. The number of hydrogen-bond donors (Lipinski definition) is 1. The summed E-state index contributed by atoms with van der Waals surface area (Å²) in [5.74, 6) is 1.93. The summed E-state index contributed by atoms with van der Waals surface area (Å²) in [6.07, 6.45) is 3.03. The first-order valence-electron chi connectivity index (χ1n) is 6.50. The molecule has 0 saturated carbocycles. The molecule has 5 heteroatoms. The number of carbonyl (C=O) groups is 1. The van der Waals surface area contributed by atoms with Crippen molar-refractivity contribution in [3.8, 4) is 11.5 Å². The van der Waals surface area contributed by atoms with Crippen LogP contribution in [0.5, 0.6) is 11.5 Å². The number of ether oxygens (including phenoxy) is 2. The molecular weight excluding hydrogens is 264 g/mol. The van der Waals surface area contributed by atoms with Crippen LogP contribution in [0.4, 0.5) is 0 Å². The molecule has 4 nitrogen and oxygen atoms in total. The maximum atomic E-state index is 10.4. The van der Waals surface area contributed by atoms with E-state index in [4.69, 9.17) is 14.6 Å². The van der Waals surface area contributed by atoms with E-state index >= 15 is 0 Å². The van der Waals surface area contributed by atoms with Crippen molar-refractivity contribution in [2.75, 3.05) is 19.0 Å². The summed E-state index contributed by atoms with van der Waals surface area (Å²) in [6, 6.07) is 5.99. The second-order valence-corrected chi connectivity index (χ2v) is 5.53. The fourth-order valence-corrected chi connectivity index (χ4v) is 2.80. The molecule has 0 aliphatic carbocycles. The number of aliphatic carboxylic acids is 1. The quantitative estimate of drug-likeness (QED) is 0.615. The Morgan fingerprint density at radius 1 is 1.16 bits per heavy atom. The molecule has 0 saturated heterocycles. The molecule has 1 aliphatic heterocycles. The Bertz CT molecular complexity index is 433. The van der Waals surface area contributed by atoms with E-state index in [0.29, 0.717) is 13.2 Å². The van der Waals surface area contributed by atoms with Gasteiger partial charge in [-0.2, -0.15) is 0 Å². The standard InChI is InChI=1S/C14H18O4S/c15-14(16)4-2-1-3-9-19-11-5-6-12-13(10-11)18-8-7-17-12/h5-6,10H,1-4,7-9H2,(H,15,16). The maximum absolute atomic E-state index is 10.4. The summed E-state index contributed by atoms with van der Waals surface area (Å²) < 4.78 is 11.0. The van der Waals surface area contributed by atoms with Crippen LogP contribution >= 0.6 is 11.8 Å². The number of unbranched alkanes of at least 4 members (excludes halogenated alkanes) is 2. The van der Waals surface area contributed by atoms with E-state index in [1.807, 2.05) is 18.2 Å². The van der Waals surface area contributed by atoms with E-state index in [1.165, 1.54) is 4.90 Å². The SMILES string of the molecule is O=C(O)CCCCCSc1ccc2c(c1)OCCO2. The van der Waals surface area contributed by atoms with Gasteiger partial charge in [0.25, 0.3) is 0 Å². The van der Waals surface area contributed by atoms with Crippen LogP contribution in [0.15, 0.2) is 23.1 Å². The van der Waals surface area contributed by atoms with Crippen molar-refractivity contribution >= 4 is 17.7 Å². The number of hydrogen-bond acceptors (Lipinski definition) is 4.